The van der Waals surface area contributed by atoms with Crippen LogP contribution in [0.5, 0.6) is 28.7 Å². The summed E-state index contributed by atoms with van der Waals surface area (Å²) < 4.78 is 34.9. The molecule has 0 aliphatic heterocycles. The Balaban J connectivity index is 0.000000190. The zero-order chi connectivity index (χ0) is 65.0. The lowest BCUT2D eigenvalue weighted by atomic mass is 10.2. The van der Waals surface area contributed by atoms with Crippen molar-refractivity contribution >= 4 is 70.2 Å². The number of nitrogens with zero attached hydrogens (tertiary/aromatic N) is 8. The average Bonchev–Trinajstić information content (AvgIpc) is 3.60. The van der Waals surface area contributed by atoms with Gasteiger partial charge in [-0.2, -0.15) is 0 Å². The molecule has 0 unspecified atom stereocenters. The molecule has 30 nitrogen and oxygen atoms in total. The van der Waals surface area contributed by atoms with E-state index in [1.807, 2.05) is 0 Å². The molecule has 0 fully saturated rings. The normalized spacial score (nSPS) is 10.2. The standard InChI is InChI=1S/2C17H11N3O6S.C10H8N2O3S.C6H5ClO3.C6H6O4/c2*21-14-8-13(10-27-17-18-6-1-7-19-17)25-9-15(14)26-16(22)11-2-4-12(5-3-11)20(23)24;13-8-4-7(15-5-9(8)14)6-16-10-11-2-1-3-12-10;2*7-2-4-1-5(8)6(9)3-10-4/h2*1-9H,10H2;1-5,14H,6H2;1,3,9H,2H2;1,3,7,9H,2H2. The van der Waals surface area contributed by atoms with Crippen LogP contribution in [0.3, 0.4) is 0 Å². The van der Waals surface area contributed by atoms with Gasteiger partial charge in [0.15, 0.2) is 32.7 Å². The van der Waals surface area contributed by atoms with Crippen LogP contribution >= 0.6 is 46.9 Å². The molecule has 0 amide bonds. The molecule has 2 aromatic carbocycles. The number of non-ortho nitro benzene ring substituents is 2. The third kappa shape index (κ3) is 22.3. The van der Waals surface area contributed by atoms with Gasteiger partial charge in [-0.15, -0.1) is 11.6 Å². The number of rotatable bonds is 17. The lowest BCUT2D eigenvalue weighted by Crippen LogP contribution is -2.14. The van der Waals surface area contributed by atoms with Gasteiger partial charge in [-0.3, -0.25) is 44.2 Å². The number of aliphatic hydroxyl groups is 1. The monoisotopic (exact) mass is 1310 g/mol. The molecule has 0 saturated carbocycles. The number of aromatic hydroxyl groups is 3. The number of hydrogen-bond donors (Lipinski definition) is 4. The minimum atomic E-state index is -0.822. The smallest absolute Gasteiger partial charge is 0.343 e. The average molecular weight is 1310 g/mol. The maximum Gasteiger partial charge on any atom is 0.343 e. The minimum Gasteiger partial charge on any atom is -0.502 e. The van der Waals surface area contributed by atoms with Crippen LogP contribution in [0.15, 0.2) is 227 Å². The fraction of sp³-hybridized carbons (Fsp3) is 0.0893. The van der Waals surface area contributed by atoms with Gasteiger partial charge in [-0.1, -0.05) is 35.3 Å². The van der Waals surface area contributed by atoms with E-state index in [1.54, 1.807) is 55.4 Å². The zero-order valence-corrected chi connectivity index (χ0v) is 48.6. The molecule has 0 aliphatic rings. The molecule has 0 bridgehead atoms. The number of ether oxygens (including phenoxy) is 2. The Morgan fingerprint density at radius 1 is 0.456 bits per heavy atom. The summed E-state index contributed by atoms with van der Waals surface area (Å²) in [5.41, 5.74) is -2.69. The number of esters is 2. The Morgan fingerprint density at radius 2 is 0.744 bits per heavy atom. The van der Waals surface area contributed by atoms with Crippen LogP contribution < -0.4 is 36.6 Å². The van der Waals surface area contributed by atoms with Gasteiger partial charge >= 0.3 is 11.9 Å². The molecule has 0 spiro atoms. The first-order chi connectivity index (χ1) is 43.3. The number of carbonyl (C=O) groups is 2. The molecule has 0 radical (unpaired) electrons. The van der Waals surface area contributed by atoms with Crippen LogP contribution in [0.2, 0.25) is 0 Å². The fourth-order valence-corrected chi connectivity index (χ4v) is 8.20. The highest BCUT2D eigenvalue weighted by Gasteiger charge is 2.17. The maximum absolute atomic E-state index is 12.1. The van der Waals surface area contributed by atoms with E-state index in [-0.39, 0.29) is 58.0 Å². The van der Waals surface area contributed by atoms with Gasteiger partial charge in [0.2, 0.25) is 38.6 Å². The predicted octanol–water partition coefficient (Wildman–Crippen LogP) is 8.05. The first kappa shape index (κ1) is 68.0. The van der Waals surface area contributed by atoms with Crippen molar-refractivity contribution in [2.75, 3.05) is 0 Å². The van der Waals surface area contributed by atoms with E-state index in [4.69, 9.17) is 59.2 Å². The van der Waals surface area contributed by atoms with E-state index in [2.05, 4.69) is 34.3 Å². The van der Waals surface area contributed by atoms with Crippen LogP contribution in [-0.4, -0.2) is 72.1 Å². The summed E-state index contributed by atoms with van der Waals surface area (Å²) in [6.07, 6.45) is 14.7. The van der Waals surface area contributed by atoms with Gasteiger partial charge in [0, 0.05) is 91.8 Å². The Labute approximate surface area is 519 Å². The fourth-order valence-electron chi connectivity index (χ4n) is 5.98. The van der Waals surface area contributed by atoms with Crippen molar-refractivity contribution in [3.8, 4) is 28.7 Å². The van der Waals surface area contributed by atoms with Crippen LogP contribution in [0.1, 0.15) is 49.5 Å². The number of benzene rings is 2. The summed E-state index contributed by atoms with van der Waals surface area (Å²) in [6, 6.07) is 20.7. The third-order valence-corrected chi connectivity index (χ3v) is 13.2. The van der Waals surface area contributed by atoms with Crippen LogP contribution in [0.25, 0.3) is 0 Å². The summed E-state index contributed by atoms with van der Waals surface area (Å²) in [4.78, 5) is 125. The lowest BCUT2D eigenvalue weighted by molar-refractivity contribution is -0.385. The van der Waals surface area contributed by atoms with Crippen LogP contribution in [0.4, 0.5) is 11.4 Å². The highest BCUT2D eigenvalue weighted by molar-refractivity contribution is 7.98. The van der Waals surface area contributed by atoms with Crippen molar-refractivity contribution < 1.29 is 71.4 Å². The largest absolute Gasteiger partial charge is 0.502 e. The molecule has 10 aromatic rings. The SMILES string of the molecule is O=C(Oc1coc(CSc2ncccn2)cc1=O)c1ccc([N+](=O)[O-])cc1.O=C(Oc1coc(CSc2ncccn2)cc1=O)c1ccc([N+](=O)[O-])cc1.O=c1cc(CCl)occ1O.O=c1cc(CO)occ1O.O=c1cc(CSc2ncccn2)occ1O. The summed E-state index contributed by atoms with van der Waals surface area (Å²) in [7, 11) is 0. The molecule has 10 rings (SSSR count). The van der Waals surface area contributed by atoms with Crippen LogP contribution in [0, 0.1) is 20.2 Å². The Bertz CT molecular complexity index is 4110. The first-order valence-electron chi connectivity index (χ1n) is 24.7. The summed E-state index contributed by atoms with van der Waals surface area (Å²) in [6.45, 7) is -0.338. The number of nitro groups is 2. The van der Waals surface area contributed by atoms with Gasteiger partial charge in [0.25, 0.3) is 11.4 Å². The molecule has 4 N–H and O–H groups in total. The van der Waals surface area contributed by atoms with Gasteiger partial charge in [-0.05, 0) is 42.5 Å². The van der Waals surface area contributed by atoms with Gasteiger partial charge in [-0.25, -0.2) is 39.5 Å². The lowest BCUT2D eigenvalue weighted by Gasteiger charge is -2.04. The summed E-state index contributed by atoms with van der Waals surface area (Å²) in [5.74, 6) is -0.482. The molecule has 462 valence electrons. The van der Waals surface area contributed by atoms with Crippen molar-refractivity contribution in [1.29, 1.82) is 0 Å². The first-order valence-corrected chi connectivity index (χ1v) is 28.2. The number of carbonyl (C=O) groups excluding carboxylic acids is 2. The van der Waals surface area contributed by atoms with Gasteiger partial charge < -0.3 is 52.0 Å². The molecule has 0 atom stereocenters. The van der Waals surface area contributed by atoms with E-state index in [1.165, 1.54) is 102 Å². The Morgan fingerprint density at radius 3 is 1.04 bits per heavy atom. The minimum absolute atomic E-state index is 0.0702. The Kier molecular flexibility index (Phi) is 26.3. The van der Waals surface area contributed by atoms with Crippen molar-refractivity contribution in [3.05, 3.63) is 277 Å². The van der Waals surface area contributed by atoms with E-state index < -0.39 is 60.4 Å². The highest BCUT2D eigenvalue weighted by Crippen LogP contribution is 2.23. The van der Waals surface area contributed by atoms with E-state index in [9.17, 15) is 53.8 Å². The summed E-state index contributed by atoms with van der Waals surface area (Å²) in [5, 5.41) is 57.7. The number of halogens is 1. The second-order valence-corrected chi connectivity index (χ2v) is 19.7. The van der Waals surface area contributed by atoms with Crippen molar-refractivity contribution in [2.45, 2.75) is 45.2 Å². The van der Waals surface area contributed by atoms with E-state index in [0.29, 0.717) is 55.8 Å². The van der Waals surface area contributed by atoms with Gasteiger partial charge in [0.1, 0.15) is 66.7 Å². The van der Waals surface area contributed by atoms with E-state index in [0.717, 1.165) is 43.4 Å². The quantitative estimate of drug-likeness (QED) is 0.0167. The van der Waals surface area contributed by atoms with E-state index >= 15 is 0 Å². The van der Waals surface area contributed by atoms with Crippen LogP contribution in [-0.2, 0) is 29.7 Å². The predicted molar refractivity (Wildman–Crippen MR) is 316 cm³/mol. The molecule has 8 heterocycles. The number of thioether (sulfide) groups is 3. The molecular weight excluding hydrogens is 1270 g/mol. The summed E-state index contributed by atoms with van der Waals surface area (Å²) >= 11 is 9.26. The molecule has 90 heavy (non-hydrogen) atoms. The number of hydrogen-bond acceptors (Lipinski definition) is 31. The number of alkyl halides is 1. The zero-order valence-electron chi connectivity index (χ0n) is 45.4. The molecule has 0 aliphatic carbocycles. The third-order valence-electron chi connectivity index (χ3n) is 10.3. The molecule has 34 heteroatoms. The van der Waals surface area contributed by atoms with Crippen molar-refractivity contribution in [2.24, 2.45) is 0 Å². The molecular formula is C56H41ClN8O22S3. The van der Waals surface area contributed by atoms with Crippen molar-refractivity contribution in [1.82, 2.24) is 29.9 Å². The Hall–Kier alpha value is -11.1. The number of nitro benzene ring substituents is 2. The topological polar surface area (TPSA) is 448 Å². The van der Waals surface area contributed by atoms with Gasteiger partial charge in [0.05, 0.1) is 44.1 Å². The second kappa shape index (κ2) is 34.9. The highest BCUT2D eigenvalue weighted by atomic mass is 35.5. The maximum atomic E-state index is 12.1. The molecule has 0 saturated heterocycles. The number of aromatic nitrogens is 6. The number of aliphatic hydroxyl groups excluding tert-OH is 1. The second-order valence-electron chi connectivity index (χ2n) is 16.6. The molecule has 8 aromatic heterocycles. The van der Waals surface area contributed by atoms with Crippen molar-refractivity contribution in [3.63, 3.8) is 0 Å².